The van der Waals surface area contributed by atoms with E-state index in [4.69, 9.17) is 16.6 Å². The molecule has 10 aromatic rings. The third-order valence-corrected chi connectivity index (χ3v) is 15.2. The quantitative estimate of drug-likeness (QED) is 0.0810. The van der Waals surface area contributed by atoms with Crippen LogP contribution >= 0.6 is 25.9 Å². The van der Waals surface area contributed by atoms with Crippen molar-refractivity contribution in [1.29, 1.82) is 0 Å². The van der Waals surface area contributed by atoms with Crippen LogP contribution in [0.1, 0.15) is 82.0 Å². The molecule has 2 unspecified atom stereocenters. The van der Waals surface area contributed by atoms with Crippen molar-refractivity contribution in [3.8, 4) is 22.5 Å². The fourth-order valence-electron chi connectivity index (χ4n) is 11.0. The molecule has 2 aliphatic heterocycles. The fraction of sp³-hybridized carbons (Fsp3) is 0.290. The Labute approximate surface area is 532 Å². The third-order valence-electron chi connectivity index (χ3n) is 15.2. The van der Waals surface area contributed by atoms with Gasteiger partial charge in [-0.25, -0.2) is 28.7 Å². The number of primary amides is 2. The number of nitrogens with zero attached hydrogens (tertiary/aromatic N) is 11. The number of carbonyl (C=O) groups excluding carboxylic acids is 5. The van der Waals surface area contributed by atoms with E-state index in [0.717, 1.165) is 39.6 Å². The van der Waals surface area contributed by atoms with Gasteiger partial charge in [-0.3, -0.25) is 47.5 Å². The number of pyridine rings is 2. The first kappa shape index (κ1) is 67.7. The zero-order chi connectivity index (χ0) is 61.9. The lowest BCUT2D eigenvalue weighted by molar-refractivity contribution is -0.139. The summed E-state index contributed by atoms with van der Waals surface area (Å²) < 4.78 is 34.5. The maximum atomic E-state index is 14.4. The summed E-state index contributed by atoms with van der Waals surface area (Å²) in [4.78, 5) is 102. The predicted molar refractivity (Wildman–Crippen MR) is 345 cm³/mol. The van der Waals surface area contributed by atoms with Crippen molar-refractivity contribution < 1.29 is 42.7 Å². The van der Waals surface area contributed by atoms with E-state index in [9.17, 15) is 37.5 Å². The van der Waals surface area contributed by atoms with Crippen LogP contribution in [0.2, 0.25) is 0 Å². The Hall–Kier alpha value is -8.82. The molecule has 21 nitrogen and oxygen atoms in total. The van der Waals surface area contributed by atoms with E-state index in [-0.39, 0.29) is 106 Å². The lowest BCUT2D eigenvalue weighted by atomic mass is 10.0. The summed E-state index contributed by atoms with van der Waals surface area (Å²) in [7, 11) is 0. The molecular weight excluding hydrogens is 1220 g/mol. The number of hydrogen-bond donors (Lipinski definition) is 4. The number of ketones is 2. The summed E-state index contributed by atoms with van der Waals surface area (Å²) in [5, 5.41) is 13.4. The van der Waals surface area contributed by atoms with E-state index < -0.39 is 36.2 Å². The average molecular weight is 1290 g/mol. The van der Waals surface area contributed by atoms with Gasteiger partial charge in [0.1, 0.15) is 25.4 Å². The van der Waals surface area contributed by atoms with Crippen molar-refractivity contribution in [2.45, 2.75) is 103 Å². The Morgan fingerprint density at radius 2 is 1.12 bits per heavy atom. The number of amides is 3. The van der Waals surface area contributed by atoms with Crippen molar-refractivity contribution in [2.75, 3.05) is 13.1 Å². The number of likely N-dealkylation sites (tertiary alicyclic amines) is 1. The van der Waals surface area contributed by atoms with E-state index in [2.05, 4.69) is 57.6 Å². The van der Waals surface area contributed by atoms with E-state index in [1.165, 1.54) is 15.7 Å². The topological polar surface area (TPSA) is 286 Å². The second kappa shape index (κ2) is 30.9. The standard InChI is InChI=1S/C31H30FN7O3.C17H13N5O3.C14H19FN2O.ClH.S2.H2S/c1-19-4-2-5-22(36-19)15-28(40)26-9-7-21(32)10-13-38(26)29(41)18-37-17-24(30(33)42)23-14-20(6-8-25(23)37)27-16-35-31-34-11-3-12-39(27)31;18-16(25)12-8-21(9-15(23)24)13-3-2-10(6-11(12)13)14-7-20-17-19-4-1-5-22(14)17;1-10-3-2-4-12(17-10)9-14(18)13-6-5-11(15)7-8-16-13;;1-2;/h2-6,8,11-12,14,16-17,21,26H,7,9-10,13,15,18H2,1H3,(H2,33,42);1-8H,9H2,(H2,18,25)(H,23,24);2-4,11,13,16H,5-9H2,1H3;1H;;1H2/t21?,26-;;11?,13-;;;/m0.0.../s1. The van der Waals surface area contributed by atoms with Gasteiger partial charge in [0.15, 0.2) is 11.6 Å². The molecule has 6 N–H and O–H groups in total. The number of nitrogens with one attached hydrogen (secondary N) is 1. The zero-order valence-electron chi connectivity index (χ0n) is 48.4. The molecule has 4 atom stereocenters. The number of aryl methyl sites for hydroxylation is 2. The van der Waals surface area contributed by atoms with Crippen LogP contribution in [-0.4, -0.2) is 131 Å². The zero-order valence-corrected chi connectivity index (χ0v) is 51.9. The van der Waals surface area contributed by atoms with Gasteiger partial charge in [-0.05, 0) is 120 Å². The number of carboxylic acid groups (broad SMARTS) is 1. The second-order valence-corrected chi connectivity index (χ2v) is 21.2. The average Bonchev–Trinajstić information content (AvgIpc) is 2.23. The van der Waals surface area contributed by atoms with Crippen molar-refractivity contribution in [2.24, 2.45) is 11.5 Å². The maximum Gasteiger partial charge on any atom is 0.323 e. The van der Waals surface area contributed by atoms with Gasteiger partial charge in [-0.1, -0.05) is 24.3 Å². The van der Waals surface area contributed by atoms with Crippen LogP contribution < -0.4 is 16.8 Å². The molecule has 8 aromatic heterocycles. The Morgan fingerprint density at radius 3 is 1.63 bits per heavy atom. The van der Waals surface area contributed by atoms with Gasteiger partial charge in [0, 0.05) is 122 Å². The molecule has 2 fully saturated rings. The first-order valence-corrected chi connectivity index (χ1v) is 29.3. The number of rotatable bonds is 14. The molecule has 12 rings (SSSR count). The smallest absolute Gasteiger partial charge is 0.323 e. The number of carboxylic acids is 1. The molecule has 27 heteroatoms. The van der Waals surface area contributed by atoms with Gasteiger partial charge < -0.3 is 35.9 Å². The highest BCUT2D eigenvalue weighted by atomic mass is 35.5. The molecule has 0 spiro atoms. The maximum absolute atomic E-state index is 14.4. The number of benzene rings is 2. The Kier molecular flexibility index (Phi) is 23.5. The molecule has 10 heterocycles. The summed E-state index contributed by atoms with van der Waals surface area (Å²) in [6, 6.07) is 24.8. The van der Waals surface area contributed by atoms with Gasteiger partial charge in [-0.2, -0.15) is 13.5 Å². The van der Waals surface area contributed by atoms with Crippen molar-refractivity contribution in [3.63, 3.8) is 0 Å². The van der Waals surface area contributed by atoms with Crippen LogP contribution in [0.15, 0.2) is 135 Å². The normalized spacial score (nSPS) is 16.4. The number of fused-ring (bicyclic) bond motifs is 4. The van der Waals surface area contributed by atoms with Gasteiger partial charge in [-0.15, -0.1) is 12.4 Å². The highest BCUT2D eigenvalue weighted by Crippen LogP contribution is 2.31. The molecule has 0 saturated carbocycles. The number of carbonyl (C=O) groups is 6. The molecule has 0 radical (unpaired) electrons. The number of nitrogens with two attached hydrogens (primary N) is 2. The van der Waals surface area contributed by atoms with Crippen LogP contribution in [0, 0.1) is 13.8 Å². The first-order chi connectivity index (χ1) is 42.0. The van der Waals surface area contributed by atoms with Crippen molar-refractivity contribution in [3.05, 3.63) is 168 Å². The first-order valence-electron chi connectivity index (χ1n) is 28.0. The van der Waals surface area contributed by atoms with Gasteiger partial charge >= 0.3 is 5.97 Å². The highest BCUT2D eigenvalue weighted by Gasteiger charge is 2.34. The van der Waals surface area contributed by atoms with E-state index in [1.807, 2.05) is 95.7 Å². The van der Waals surface area contributed by atoms with Gasteiger partial charge in [0.2, 0.25) is 17.5 Å². The van der Waals surface area contributed by atoms with Crippen molar-refractivity contribution >= 4 is 117 Å². The summed E-state index contributed by atoms with van der Waals surface area (Å²) in [6.07, 6.45) is 14.2. The number of imidazole rings is 2. The lowest BCUT2D eigenvalue weighted by Crippen LogP contribution is -2.46. The summed E-state index contributed by atoms with van der Waals surface area (Å²) >= 11 is 7.33. The Bertz CT molecular complexity index is 4200. The molecule has 3 amide bonds. The molecule has 2 saturated heterocycles. The number of aromatic nitrogens is 10. The number of alkyl halides is 2. The van der Waals surface area contributed by atoms with E-state index in [0.29, 0.717) is 71.3 Å². The van der Waals surface area contributed by atoms with Crippen LogP contribution in [0.5, 0.6) is 0 Å². The number of Topliss-reactive ketones (excluding diaryl/α,β-unsaturated/α-hetero) is 2. The van der Waals surface area contributed by atoms with E-state index >= 15 is 0 Å². The molecule has 89 heavy (non-hydrogen) atoms. The Balaban J connectivity index is 0.000000204. The van der Waals surface area contributed by atoms with Crippen LogP contribution in [0.4, 0.5) is 8.78 Å². The largest absolute Gasteiger partial charge is 0.480 e. The van der Waals surface area contributed by atoms with Crippen LogP contribution in [-0.2, 0) is 67.5 Å². The van der Waals surface area contributed by atoms with E-state index in [1.54, 1.807) is 59.8 Å². The minimum absolute atomic E-state index is 0. The number of hydrogen-bond acceptors (Lipinski definition) is 15. The minimum Gasteiger partial charge on any atom is -0.480 e. The molecule has 0 bridgehead atoms. The predicted octanol–water partition coefficient (Wildman–Crippen LogP) is 7.73. The molecule has 2 aromatic carbocycles. The molecule has 464 valence electrons. The lowest BCUT2D eigenvalue weighted by Gasteiger charge is -2.29. The molecule has 2 aliphatic rings. The SMILES string of the molecule is Cc1cccc(CC(=O)[C@@H]2CCC(F)CCN2)n1.Cc1cccc(CC(=O)[C@@H]2CCC(F)CCN2C(=O)Cn2cc(C(N)=O)c3cc(-c4cnc5ncccn45)ccc32)n1.Cl.NC(=O)c1cn(CC(=O)O)c2ccc(-c3cnc4ncccn34)cc12.S.S=S. The fourth-order valence-corrected chi connectivity index (χ4v) is 11.0. The summed E-state index contributed by atoms with van der Waals surface area (Å²) in [6.45, 7) is 4.09. The second-order valence-electron chi connectivity index (χ2n) is 21.2. The van der Waals surface area contributed by atoms with Crippen LogP contribution in [0.25, 0.3) is 55.9 Å². The minimum atomic E-state index is -1.09. The highest BCUT2D eigenvalue weighted by molar-refractivity contribution is 8.07. The summed E-state index contributed by atoms with van der Waals surface area (Å²) in [5.74, 6) is -1.50. The molecule has 0 aliphatic carbocycles. The summed E-state index contributed by atoms with van der Waals surface area (Å²) in [5.41, 5.74) is 19.4. The van der Waals surface area contributed by atoms with Crippen molar-refractivity contribution in [1.82, 2.24) is 58.1 Å². The monoisotopic (exact) mass is 1290 g/mol. The number of halogens is 3. The van der Waals surface area contributed by atoms with Gasteiger partial charge in [0.05, 0.1) is 59.8 Å². The molecular formula is C62H65ClF2N14O7S3. The van der Waals surface area contributed by atoms with Gasteiger partial charge in [0.25, 0.3) is 11.8 Å². The number of aliphatic carboxylic acids is 1. The van der Waals surface area contributed by atoms with Crippen LogP contribution in [0.3, 0.4) is 0 Å². The third kappa shape index (κ3) is 16.3. The Morgan fingerprint density at radius 1 is 0.629 bits per heavy atom.